The first kappa shape index (κ1) is 13.8. The minimum absolute atomic E-state index is 0.252. The van der Waals surface area contributed by atoms with Gasteiger partial charge in [0, 0.05) is 19.1 Å². The van der Waals surface area contributed by atoms with Gasteiger partial charge in [0.05, 0.1) is 0 Å². The Labute approximate surface area is 110 Å². The number of carbonyl (C=O) groups is 1. The van der Waals surface area contributed by atoms with E-state index in [9.17, 15) is 9.90 Å². The first-order valence-electron chi connectivity index (χ1n) is 7.43. The zero-order valence-electron chi connectivity index (χ0n) is 11.5. The number of nitrogens with zero attached hydrogens (tertiary/aromatic N) is 2. The van der Waals surface area contributed by atoms with Gasteiger partial charge in [-0.15, -0.1) is 0 Å². The van der Waals surface area contributed by atoms with Crippen LogP contribution in [0.15, 0.2) is 0 Å². The molecule has 18 heavy (non-hydrogen) atoms. The van der Waals surface area contributed by atoms with E-state index >= 15 is 0 Å². The number of aliphatic carboxylic acids is 1. The summed E-state index contributed by atoms with van der Waals surface area (Å²) in [5.41, 5.74) is 0. The topological polar surface area (TPSA) is 43.8 Å². The second kappa shape index (κ2) is 6.53. The first-order chi connectivity index (χ1) is 8.72. The van der Waals surface area contributed by atoms with Crippen molar-refractivity contribution in [3.8, 4) is 0 Å². The van der Waals surface area contributed by atoms with Crippen LogP contribution in [0.2, 0.25) is 0 Å². The summed E-state index contributed by atoms with van der Waals surface area (Å²) in [5, 5.41) is 9.36. The Balaban J connectivity index is 1.86. The van der Waals surface area contributed by atoms with Crippen molar-refractivity contribution in [2.24, 2.45) is 0 Å². The highest BCUT2D eigenvalue weighted by molar-refractivity contribution is 5.73. The SMILES string of the molecule is CCCCC(C(=O)O)N1CCC(N2CCCC2)C1. The molecular formula is C14H26N2O2. The van der Waals surface area contributed by atoms with Gasteiger partial charge in [0.15, 0.2) is 0 Å². The Morgan fingerprint density at radius 2 is 2.06 bits per heavy atom. The maximum atomic E-state index is 11.4. The van der Waals surface area contributed by atoms with E-state index in [4.69, 9.17) is 0 Å². The molecule has 2 saturated heterocycles. The van der Waals surface area contributed by atoms with E-state index in [1.165, 1.54) is 25.9 Å². The van der Waals surface area contributed by atoms with Gasteiger partial charge in [-0.05, 0) is 38.8 Å². The Morgan fingerprint density at radius 1 is 1.33 bits per heavy atom. The highest BCUT2D eigenvalue weighted by Crippen LogP contribution is 2.23. The van der Waals surface area contributed by atoms with Gasteiger partial charge in [0.1, 0.15) is 6.04 Å². The molecule has 2 heterocycles. The van der Waals surface area contributed by atoms with Crippen molar-refractivity contribution >= 4 is 5.97 Å². The van der Waals surface area contributed by atoms with Gasteiger partial charge in [0.2, 0.25) is 0 Å². The van der Waals surface area contributed by atoms with E-state index in [1.54, 1.807) is 0 Å². The fourth-order valence-electron chi connectivity index (χ4n) is 3.32. The second-order valence-corrected chi connectivity index (χ2v) is 5.68. The molecular weight excluding hydrogens is 228 g/mol. The zero-order chi connectivity index (χ0) is 13.0. The van der Waals surface area contributed by atoms with Crippen LogP contribution in [0.5, 0.6) is 0 Å². The Kier molecular flexibility index (Phi) is 5.01. The number of rotatable bonds is 6. The zero-order valence-corrected chi connectivity index (χ0v) is 11.5. The van der Waals surface area contributed by atoms with E-state index in [1.807, 2.05) is 0 Å². The third kappa shape index (κ3) is 3.23. The van der Waals surface area contributed by atoms with Crippen LogP contribution in [0.3, 0.4) is 0 Å². The summed E-state index contributed by atoms with van der Waals surface area (Å²) >= 11 is 0. The third-order valence-corrected chi connectivity index (χ3v) is 4.41. The smallest absolute Gasteiger partial charge is 0.320 e. The molecule has 4 heteroatoms. The summed E-state index contributed by atoms with van der Waals surface area (Å²) in [4.78, 5) is 16.1. The fraction of sp³-hybridized carbons (Fsp3) is 0.929. The van der Waals surface area contributed by atoms with Gasteiger partial charge in [0.25, 0.3) is 0 Å². The van der Waals surface area contributed by atoms with Gasteiger partial charge < -0.3 is 5.11 Å². The summed E-state index contributed by atoms with van der Waals surface area (Å²) < 4.78 is 0. The van der Waals surface area contributed by atoms with Crippen LogP contribution in [0.25, 0.3) is 0 Å². The van der Waals surface area contributed by atoms with Crippen LogP contribution < -0.4 is 0 Å². The lowest BCUT2D eigenvalue weighted by Crippen LogP contribution is -2.42. The van der Waals surface area contributed by atoms with Crippen molar-refractivity contribution in [1.29, 1.82) is 0 Å². The van der Waals surface area contributed by atoms with Crippen LogP contribution >= 0.6 is 0 Å². The molecule has 0 aliphatic carbocycles. The van der Waals surface area contributed by atoms with Gasteiger partial charge >= 0.3 is 5.97 Å². The molecule has 0 bridgehead atoms. The van der Waals surface area contributed by atoms with E-state index in [-0.39, 0.29) is 6.04 Å². The van der Waals surface area contributed by atoms with E-state index < -0.39 is 5.97 Å². The maximum absolute atomic E-state index is 11.4. The van der Waals surface area contributed by atoms with Gasteiger partial charge in [-0.2, -0.15) is 0 Å². The summed E-state index contributed by atoms with van der Waals surface area (Å²) in [5.74, 6) is -0.634. The lowest BCUT2D eigenvalue weighted by atomic mass is 10.1. The van der Waals surface area contributed by atoms with Crippen molar-refractivity contribution in [2.45, 2.75) is 57.5 Å². The number of unbranched alkanes of at least 4 members (excludes halogenated alkanes) is 1. The highest BCUT2D eigenvalue weighted by atomic mass is 16.4. The fourth-order valence-corrected chi connectivity index (χ4v) is 3.32. The molecule has 0 saturated carbocycles. The average molecular weight is 254 g/mol. The number of hydrogen-bond donors (Lipinski definition) is 1. The minimum atomic E-state index is -0.634. The number of carboxylic acids is 1. The van der Waals surface area contributed by atoms with Crippen molar-refractivity contribution in [3.05, 3.63) is 0 Å². The average Bonchev–Trinajstić information content (AvgIpc) is 2.99. The lowest BCUT2D eigenvalue weighted by Gasteiger charge is -2.27. The van der Waals surface area contributed by atoms with Gasteiger partial charge in [-0.1, -0.05) is 19.8 Å². The van der Waals surface area contributed by atoms with E-state index in [2.05, 4.69) is 16.7 Å². The summed E-state index contributed by atoms with van der Waals surface area (Å²) in [6.45, 7) is 6.47. The Morgan fingerprint density at radius 3 is 2.67 bits per heavy atom. The molecule has 4 nitrogen and oxygen atoms in total. The molecule has 2 aliphatic heterocycles. The van der Waals surface area contributed by atoms with Crippen LogP contribution in [0.4, 0.5) is 0 Å². The first-order valence-corrected chi connectivity index (χ1v) is 7.43. The minimum Gasteiger partial charge on any atom is -0.480 e. The van der Waals surface area contributed by atoms with Crippen LogP contribution in [-0.2, 0) is 4.79 Å². The van der Waals surface area contributed by atoms with Gasteiger partial charge in [-0.25, -0.2) is 0 Å². The summed E-state index contributed by atoms with van der Waals surface area (Å²) in [6.07, 6.45) is 6.67. The van der Waals surface area contributed by atoms with E-state index in [0.717, 1.165) is 38.8 Å². The molecule has 0 radical (unpaired) electrons. The normalized spacial score (nSPS) is 27.7. The molecule has 0 aromatic rings. The molecule has 2 aliphatic rings. The van der Waals surface area contributed by atoms with Gasteiger partial charge in [-0.3, -0.25) is 14.6 Å². The van der Waals surface area contributed by atoms with Crippen molar-refractivity contribution in [2.75, 3.05) is 26.2 Å². The molecule has 1 N–H and O–H groups in total. The maximum Gasteiger partial charge on any atom is 0.320 e. The molecule has 0 aromatic carbocycles. The molecule has 2 rings (SSSR count). The molecule has 2 atom stereocenters. The highest BCUT2D eigenvalue weighted by Gasteiger charge is 2.34. The van der Waals surface area contributed by atoms with Crippen molar-refractivity contribution in [1.82, 2.24) is 9.80 Å². The molecule has 0 spiro atoms. The standard InChI is InChI=1S/C14H26N2O2/c1-2-3-6-13(14(17)18)16-10-7-12(11-16)15-8-4-5-9-15/h12-13H,2-11H2,1H3,(H,17,18). The molecule has 2 unspecified atom stereocenters. The predicted molar refractivity (Wildman–Crippen MR) is 71.7 cm³/mol. The summed E-state index contributed by atoms with van der Waals surface area (Å²) in [6, 6.07) is 0.355. The predicted octanol–water partition coefficient (Wildman–Crippen LogP) is 1.80. The quantitative estimate of drug-likeness (QED) is 0.785. The molecule has 2 fully saturated rings. The Hall–Kier alpha value is -0.610. The van der Waals surface area contributed by atoms with Crippen LogP contribution in [0, 0.1) is 0 Å². The number of carboxylic acid groups (broad SMARTS) is 1. The molecule has 0 amide bonds. The second-order valence-electron chi connectivity index (χ2n) is 5.68. The third-order valence-electron chi connectivity index (χ3n) is 4.41. The van der Waals surface area contributed by atoms with Crippen LogP contribution in [0.1, 0.15) is 45.4 Å². The lowest BCUT2D eigenvalue weighted by molar-refractivity contribution is -0.143. The van der Waals surface area contributed by atoms with E-state index in [0.29, 0.717) is 6.04 Å². The van der Waals surface area contributed by atoms with Crippen molar-refractivity contribution in [3.63, 3.8) is 0 Å². The molecule has 0 aromatic heterocycles. The Bertz CT molecular complexity index is 277. The monoisotopic (exact) mass is 254 g/mol. The summed E-state index contributed by atoms with van der Waals surface area (Å²) in [7, 11) is 0. The number of hydrogen-bond acceptors (Lipinski definition) is 3. The van der Waals surface area contributed by atoms with Crippen molar-refractivity contribution < 1.29 is 9.90 Å². The van der Waals surface area contributed by atoms with Crippen LogP contribution in [-0.4, -0.2) is 59.1 Å². The largest absolute Gasteiger partial charge is 0.480 e. The molecule has 104 valence electrons. The number of likely N-dealkylation sites (tertiary alicyclic amines) is 2.